The fourth-order valence-electron chi connectivity index (χ4n) is 0.325. The Morgan fingerprint density at radius 1 is 1.78 bits per heavy atom. The number of carboxylic acid groups (broad SMARTS) is 1. The van der Waals surface area contributed by atoms with Crippen molar-refractivity contribution in [3.8, 4) is 6.07 Å². The maximum atomic E-state index is 9.80. The highest BCUT2D eigenvalue weighted by atomic mass is 16.4. The molecule has 0 saturated carbocycles. The highest BCUT2D eigenvalue weighted by molar-refractivity contribution is 5.66. The van der Waals surface area contributed by atoms with Crippen molar-refractivity contribution >= 4 is 5.97 Å². The van der Waals surface area contributed by atoms with Crippen LogP contribution in [0.5, 0.6) is 0 Å². The molecule has 0 aliphatic carbocycles. The van der Waals surface area contributed by atoms with Crippen LogP contribution in [0.2, 0.25) is 0 Å². The summed E-state index contributed by atoms with van der Waals surface area (Å²) in [7, 11) is 0. The van der Waals surface area contributed by atoms with Gasteiger partial charge in [-0.2, -0.15) is 5.26 Å². The molecule has 0 aliphatic heterocycles. The summed E-state index contributed by atoms with van der Waals surface area (Å²) in [4.78, 5) is 9.80. The molecule has 1 unspecified atom stereocenters. The Morgan fingerprint density at radius 2 is 2.33 bits per heavy atom. The smallest absolute Gasteiger partial charge is 0.303 e. The van der Waals surface area contributed by atoms with Crippen LogP contribution in [0, 0.1) is 11.3 Å². The van der Waals surface area contributed by atoms with Crippen LogP contribution in [0.25, 0.3) is 0 Å². The minimum absolute atomic E-state index is 0.00579. The van der Waals surface area contributed by atoms with Gasteiger partial charge in [-0.3, -0.25) is 4.79 Å². The van der Waals surface area contributed by atoms with Crippen LogP contribution in [-0.4, -0.2) is 22.3 Å². The lowest BCUT2D eigenvalue weighted by Gasteiger charge is -1.94. The second-order valence-electron chi connectivity index (χ2n) is 1.58. The van der Waals surface area contributed by atoms with E-state index in [-0.39, 0.29) is 12.8 Å². The summed E-state index contributed by atoms with van der Waals surface area (Å²) in [6.07, 6.45) is -1.29. The fourth-order valence-corrected chi connectivity index (χ4v) is 0.325. The highest BCUT2D eigenvalue weighted by Crippen LogP contribution is 1.93. The molecule has 0 aliphatic rings. The number of aliphatic hydroxyl groups is 1. The molecule has 0 saturated heterocycles. The number of nitrogens with zero attached hydrogens (tertiary/aromatic N) is 1. The molecule has 0 bridgehead atoms. The molecule has 0 amide bonds. The Hall–Kier alpha value is -1.08. The van der Waals surface area contributed by atoms with E-state index in [4.69, 9.17) is 15.5 Å². The number of aliphatic hydroxyl groups excluding tert-OH is 1. The maximum Gasteiger partial charge on any atom is 0.303 e. The van der Waals surface area contributed by atoms with Gasteiger partial charge in [0.15, 0.2) is 0 Å². The van der Waals surface area contributed by atoms with Crippen molar-refractivity contribution in [3.63, 3.8) is 0 Å². The zero-order valence-electron chi connectivity index (χ0n) is 4.74. The van der Waals surface area contributed by atoms with Gasteiger partial charge in [-0.05, 0) is 6.42 Å². The zero-order valence-corrected chi connectivity index (χ0v) is 4.74. The molecule has 0 fully saturated rings. The minimum Gasteiger partial charge on any atom is -0.481 e. The van der Waals surface area contributed by atoms with Crippen LogP contribution in [0.3, 0.4) is 0 Å². The first-order valence-corrected chi connectivity index (χ1v) is 2.46. The van der Waals surface area contributed by atoms with Gasteiger partial charge in [-0.15, -0.1) is 0 Å². The van der Waals surface area contributed by atoms with Crippen LogP contribution in [0.1, 0.15) is 12.8 Å². The molecule has 0 spiro atoms. The Balaban J connectivity index is 3.30. The van der Waals surface area contributed by atoms with Crippen LogP contribution < -0.4 is 0 Å². The van der Waals surface area contributed by atoms with E-state index in [0.29, 0.717) is 0 Å². The van der Waals surface area contributed by atoms with Gasteiger partial charge in [0.25, 0.3) is 0 Å². The fraction of sp³-hybridized carbons (Fsp3) is 0.600. The number of aliphatic carboxylic acids is 1. The summed E-state index contributed by atoms with van der Waals surface area (Å²) in [5, 5.41) is 24.5. The summed E-state index contributed by atoms with van der Waals surface area (Å²) in [5.41, 5.74) is 0. The first kappa shape index (κ1) is 7.92. The third-order valence-electron chi connectivity index (χ3n) is 0.781. The molecule has 0 heterocycles. The third kappa shape index (κ3) is 4.78. The van der Waals surface area contributed by atoms with Gasteiger partial charge in [0.2, 0.25) is 0 Å². The van der Waals surface area contributed by atoms with Gasteiger partial charge in [0.05, 0.1) is 6.07 Å². The second-order valence-corrected chi connectivity index (χ2v) is 1.58. The SMILES string of the molecule is N#CC(O)CCC(=O)O. The Bertz CT molecular complexity index is 138. The highest BCUT2D eigenvalue weighted by Gasteiger charge is 2.03. The molecule has 0 aromatic carbocycles. The predicted molar refractivity (Wildman–Crippen MR) is 28.5 cm³/mol. The predicted octanol–water partition coefficient (Wildman–Crippen LogP) is -0.264. The molecule has 4 nitrogen and oxygen atoms in total. The summed E-state index contributed by atoms with van der Waals surface area (Å²) in [5.74, 6) is -0.996. The van der Waals surface area contributed by atoms with E-state index in [1.54, 1.807) is 0 Å². The average Bonchev–Trinajstić information content (AvgIpc) is 1.83. The van der Waals surface area contributed by atoms with E-state index in [9.17, 15) is 4.79 Å². The lowest BCUT2D eigenvalue weighted by atomic mass is 10.2. The number of nitriles is 1. The molecule has 2 N–H and O–H groups in total. The molecule has 1 atom stereocenters. The van der Waals surface area contributed by atoms with Crippen LogP contribution in [0.4, 0.5) is 0 Å². The van der Waals surface area contributed by atoms with Crippen LogP contribution >= 0.6 is 0 Å². The maximum absolute atomic E-state index is 9.80. The van der Waals surface area contributed by atoms with Gasteiger partial charge in [-0.25, -0.2) is 0 Å². The van der Waals surface area contributed by atoms with E-state index < -0.39 is 12.1 Å². The van der Waals surface area contributed by atoms with Gasteiger partial charge < -0.3 is 10.2 Å². The Labute approximate surface area is 52.3 Å². The van der Waals surface area contributed by atoms with Crippen LogP contribution in [-0.2, 0) is 4.79 Å². The largest absolute Gasteiger partial charge is 0.481 e. The van der Waals surface area contributed by atoms with Gasteiger partial charge >= 0.3 is 5.97 Å². The first-order valence-electron chi connectivity index (χ1n) is 2.46. The van der Waals surface area contributed by atoms with Crippen LogP contribution in [0.15, 0.2) is 0 Å². The van der Waals surface area contributed by atoms with E-state index in [1.165, 1.54) is 6.07 Å². The van der Waals surface area contributed by atoms with E-state index in [1.807, 2.05) is 0 Å². The van der Waals surface area contributed by atoms with Crippen molar-refractivity contribution in [2.45, 2.75) is 18.9 Å². The van der Waals surface area contributed by atoms with E-state index in [2.05, 4.69) is 0 Å². The number of hydrogen-bond donors (Lipinski definition) is 2. The minimum atomic E-state index is -1.14. The lowest BCUT2D eigenvalue weighted by Crippen LogP contribution is -2.05. The standard InChI is InChI=1S/C5H7NO3/c6-3-4(7)1-2-5(8)9/h4,7H,1-2H2,(H,8,9). The lowest BCUT2D eigenvalue weighted by molar-refractivity contribution is -0.137. The first-order chi connectivity index (χ1) is 4.16. The third-order valence-corrected chi connectivity index (χ3v) is 0.781. The monoisotopic (exact) mass is 129 g/mol. The molecule has 0 aromatic heterocycles. The number of carboxylic acids is 1. The summed E-state index contributed by atoms with van der Waals surface area (Å²) in [6.45, 7) is 0. The van der Waals surface area contributed by atoms with Crippen molar-refractivity contribution in [3.05, 3.63) is 0 Å². The Kier molecular flexibility index (Phi) is 3.40. The van der Waals surface area contributed by atoms with E-state index >= 15 is 0 Å². The Morgan fingerprint density at radius 3 is 2.67 bits per heavy atom. The van der Waals surface area contributed by atoms with Crippen molar-refractivity contribution in [2.75, 3.05) is 0 Å². The molecular weight excluding hydrogens is 122 g/mol. The van der Waals surface area contributed by atoms with E-state index in [0.717, 1.165) is 0 Å². The average molecular weight is 129 g/mol. The quantitative estimate of drug-likeness (QED) is 0.514. The summed E-state index contributed by atoms with van der Waals surface area (Å²) >= 11 is 0. The van der Waals surface area contributed by atoms with Crippen molar-refractivity contribution in [2.24, 2.45) is 0 Å². The molecule has 0 radical (unpaired) electrons. The summed E-state index contributed by atoms with van der Waals surface area (Å²) in [6, 6.07) is 1.51. The summed E-state index contributed by atoms with van der Waals surface area (Å²) < 4.78 is 0. The molecule has 50 valence electrons. The normalized spacial score (nSPS) is 12.0. The molecular formula is C5H7NO3. The van der Waals surface area contributed by atoms with Crippen molar-refractivity contribution < 1.29 is 15.0 Å². The topological polar surface area (TPSA) is 81.3 Å². The van der Waals surface area contributed by atoms with Gasteiger partial charge in [0.1, 0.15) is 6.10 Å². The number of carbonyl (C=O) groups is 1. The molecule has 0 rings (SSSR count). The number of hydrogen-bond acceptors (Lipinski definition) is 3. The van der Waals surface area contributed by atoms with Gasteiger partial charge in [-0.1, -0.05) is 0 Å². The number of rotatable bonds is 3. The molecule has 0 aromatic rings. The molecule has 9 heavy (non-hydrogen) atoms. The molecule has 4 heteroatoms. The second kappa shape index (κ2) is 3.87. The van der Waals surface area contributed by atoms with Crippen molar-refractivity contribution in [1.29, 1.82) is 5.26 Å². The van der Waals surface area contributed by atoms with Crippen molar-refractivity contribution in [1.82, 2.24) is 0 Å². The van der Waals surface area contributed by atoms with Gasteiger partial charge in [0, 0.05) is 6.42 Å². The zero-order chi connectivity index (χ0) is 7.28.